The summed E-state index contributed by atoms with van der Waals surface area (Å²) in [5.74, 6) is 0.964. The van der Waals surface area contributed by atoms with E-state index in [1.54, 1.807) is 6.07 Å². The minimum absolute atomic E-state index is 0.0282. The molecule has 5 heteroatoms. The molecule has 0 radical (unpaired) electrons. The van der Waals surface area contributed by atoms with Crippen LogP contribution in [0.5, 0.6) is 5.75 Å². The Labute approximate surface area is 120 Å². The zero-order chi connectivity index (χ0) is 15.1. The van der Waals surface area contributed by atoms with E-state index in [1.165, 1.54) is 6.07 Å². The van der Waals surface area contributed by atoms with E-state index in [0.29, 0.717) is 24.3 Å². The lowest BCUT2D eigenvalue weighted by Gasteiger charge is -2.18. The molecule has 0 aliphatic carbocycles. The van der Waals surface area contributed by atoms with Gasteiger partial charge in [0.05, 0.1) is 11.5 Å². The molecule has 20 heavy (non-hydrogen) atoms. The van der Waals surface area contributed by atoms with Crippen LogP contribution in [0.15, 0.2) is 18.2 Å². The van der Waals surface area contributed by atoms with Crippen molar-refractivity contribution < 1.29 is 9.66 Å². The molecule has 0 saturated heterocycles. The zero-order valence-electron chi connectivity index (χ0n) is 12.7. The highest BCUT2D eigenvalue weighted by Gasteiger charge is 2.17. The van der Waals surface area contributed by atoms with Gasteiger partial charge in [0.25, 0.3) is 0 Å². The Morgan fingerprint density at radius 3 is 2.60 bits per heavy atom. The van der Waals surface area contributed by atoms with Crippen LogP contribution in [0.3, 0.4) is 0 Å². The standard InChI is InChI=1S/C15H24N2O3/c1-5-20-15-10-12(6-7-14(15)17(18)19)9-13(16-4)8-11(2)3/h6-7,10-11,13,16H,5,8-9H2,1-4H3. The van der Waals surface area contributed by atoms with E-state index in [1.807, 2.05) is 20.0 Å². The average Bonchev–Trinajstić information content (AvgIpc) is 2.37. The Kier molecular flexibility index (Phi) is 6.45. The van der Waals surface area contributed by atoms with Crippen LogP contribution < -0.4 is 10.1 Å². The Hall–Kier alpha value is -1.62. The molecule has 1 unspecified atom stereocenters. The second kappa shape index (κ2) is 7.85. The van der Waals surface area contributed by atoms with Crippen LogP contribution in [0.4, 0.5) is 5.69 Å². The number of nitrogens with one attached hydrogen (secondary N) is 1. The highest BCUT2D eigenvalue weighted by molar-refractivity contribution is 5.48. The third-order valence-electron chi connectivity index (χ3n) is 3.17. The SMILES string of the molecule is CCOc1cc(CC(CC(C)C)NC)ccc1[N+](=O)[O-]. The number of nitro groups is 1. The number of nitro benzene ring substituents is 1. The molecule has 1 rings (SSSR count). The monoisotopic (exact) mass is 280 g/mol. The first-order chi connectivity index (χ1) is 9.47. The van der Waals surface area contributed by atoms with E-state index < -0.39 is 4.92 Å². The zero-order valence-corrected chi connectivity index (χ0v) is 12.7. The van der Waals surface area contributed by atoms with Crippen LogP contribution in [-0.2, 0) is 6.42 Å². The molecule has 0 aromatic heterocycles. The van der Waals surface area contributed by atoms with Crippen molar-refractivity contribution >= 4 is 5.69 Å². The number of benzene rings is 1. The molecule has 0 saturated carbocycles. The fourth-order valence-corrected chi connectivity index (χ4v) is 2.26. The number of hydrogen-bond acceptors (Lipinski definition) is 4. The fourth-order valence-electron chi connectivity index (χ4n) is 2.26. The van der Waals surface area contributed by atoms with Gasteiger partial charge in [0.1, 0.15) is 0 Å². The van der Waals surface area contributed by atoms with Gasteiger partial charge < -0.3 is 10.1 Å². The van der Waals surface area contributed by atoms with Crippen molar-refractivity contribution in [3.63, 3.8) is 0 Å². The van der Waals surface area contributed by atoms with Gasteiger partial charge in [-0.15, -0.1) is 0 Å². The van der Waals surface area contributed by atoms with Crippen molar-refractivity contribution in [2.24, 2.45) is 5.92 Å². The maximum Gasteiger partial charge on any atom is 0.310 e. The Balaban J connectivity index is 2.90. The molecule has 0 heterocycles. The van der Waals surface area contributed by atoms with Gasteiger partial charge in [0, 0.05) is 12.1 Å². The number of likely N-dealkylation sites (N-methyl/N-ethyl adjacent to an activating group) is 1. The quantitative estimate of drug-likeness (QED) is 0.587. The summed E-state index contributed by atoms with van der Waals surface area (Å²) in [5, 5.41) is 14.2. The van der Waals surface area contributed by atoms with Crippen molar-refractivity contribution in [3.8, 4) is 5.75 Å². The second-order valence-corrected chi connectivity index (χ2v) is 5.31. The molecule has 1 N–H and O–H groups in total. The van der Waals surface area contributed by atoms with Crippen molar-refractivity contribution in [1.29, 1.82) is 0 Å². The van der Waals surface area contributed by atoms with Gasteiger partial charge in [0.15, 0.2) is 5.75 Å². The van der Waals surface area contributed by atoms with E-state index >= 15 is 0 Å². The molecule has 0 fully saturated rings. The first-order valence-electron chi connectivity index (χ1n) is 7.05. The summed E-state index contributed by atoms with van der Waals surface area (Å²) in [4.78, 5) is 10.5. The summed E-state index contributed by atoms with van der Waals surface area (Å²) in [7, 11) is 1.95. The topological polar surface area (TPSA) is 64.4 Å². The molecule has 5 nitrogen and oxygen atoms in total. The van der Waals surface area contributed by atoms with Crippen LogP contribution >= 0.6 is 0 Å². The number of ether oxygens (including phenoxy) is 1. The predicted octanol–water partition coefficient (Wildman–Crippen LogP) is 3.17. The Bertz CT molecular complexity index is 447. The summed E-state index contributed by atoms with van der Waals surface area (Å²) < 4.78 is 5.37. The largest absolute Gasteiger partial charge is 0.487 e. The highest BCUT2D eigenvalue weighted by atomic mass is 16.6. The maximum absolute atomic E-state index is 10.9. The summed E-state index contributed by atoms with van der Waals surface area (Å²) in [6.07, 6.45) is 1.91. The van der Waals surface area contributed by atoms with E-state index in [4.69, 9.17) is 4.74 Å². The van der Waals surface area contributed by atoms with Crippen LogP contribution in [0, 0.1) is 16.0 Å². The molecule has 1 atom stereocenters. The molecule has 1 aromatic carbocycles. The number of nitrogens with zero attached hydrogens (tertiary/aromatic N) is 1. The molecule has 0 bridgehead atoms. The fraction of sp³-hybridized carbons (Fsp3) is 0.600. The lowest BCUT2D eigenvalue weighted by Crippen LogP contribution is -2.29. The summed E-state index contributed by atoms with van der Waals surface area (Å²) in [6.45, 7) is 6.62. The third-order valence-corrected chi connectivity index (χ3v) is 3.17. The van der Waals surface area contributed by atoms with Crippen LogP contribution in [0.25, 0.3) is 0 Å². The smallest absolute Gasteiger partial charge is 0.310 e. The van der Waals surface area contributed by atoms with E-state index in [9.17, 15) is 10.1 Å². The molecule has 0 amide bonds. The van der Waals surface area contributed by atoms with Crippen LogP contribution in [-0.4, -0.2) is 24.6 Å². The lowest BCUT2D eigenvalue weighted by molar-refractivity contribution is -0.385. The number of rotatable bonds is 8. The minimum Gasteiger partial charge on any atom is -0.487 e. The lowest BCUT2D eigenvalue weighted by atomic mass is 9.97. The van der Waals surface area contributed by atoms with Gasteiger partial charge in [-0.25, -0.2) is 0 Å². The van der Waals surface area contributed by atoms with Gasteiger partial charge in [-0.3, -0.25) is 10.1 Å². The van der Waals surface area contributed by atoms with Gasteiger partial charge in [-0.2, -0.15) is 0 Å². The van der Waals surface area contributed by atoms with Gasteiger partial charge in [0.2, 0.25) is 0 Å². The minimum atomic E-state index is -0.404. The molecular formula is C15H24N2O3. The molecule has 0 aliphatic rings. The average molecular weight is 280 g/mol. The Morgan fingerprint density at radius 2 is 2.10 bits per heavy atom. The summed E-state index contributed by atoms with van der Waals surface area (Å²) >= 11 is 0. The molecule has 0 spiro atoms. The van der Waals surface area contributed by atoms with Gasteiger partial charge in [-0.1, -0.05) is 19.9 Å². The first-order valence-corrected chi connectivity index (χ1v) is 7.05. The van der Waals surface area contributed by atoms with Crippen molar-refractivity contribution in [3.05, 3.63) is 33.9 Å². The molecular weight excluding hydrogens is 256 g/mol. The van der Waals surface area contributed by atoms with Crippen molar-refractivity contribution in [1.82, 2.24) is 5.32 Å². The summed E-state index contributed by atoms with van der Waals surface area (Å²) in [6, 6.07) is 5.49. The Morgan fingerprint density at radius 1 is 1.40 bits per heavy atom. The van der Waals surface area contributed by atoms with Crippen molar-refractivity contribution in [2.75, 3.05) is 13.7 Å². The predicted molar refractivity (Wildman–Crippen MR) is 80.3 cm³/mol. The second-order valence-electron chi connectivity index (χ2n) is 5.31. The van der Waals surface area contributed by atoms with Crippen molar-refractivity contribution in [2.45, 2.75) is 39.7 Å². The highest BCUT2D eigenvalue weighted by Crippen LogP contribution is 2.28. The molecule has 0 aliphatic heterocycles. The number of hydrogen-bond donors (Lipinski definition) is 1. The van der Waals surface area contributed by atoms with E-state index in [2.05, 4.69) is 19.2 Å². The van der Waals surface area contributed by atoms with Gasteiger partial charge in [-0.05, 0) is 44.4 Å². The third kappa shape index (κ3) is 4.81. The molecule has 112 valence electrons. The normalized spacial score (nSPS) is 12.4. The first kappa shape index (κ1) is 16.4. The van der Waals surface area contributed by atoms with Crippen LogP contribution in [0.2, 0.25) is 0 Å². The van der Waals surface area contributed by atoms with Gasteiger partial charge >= 0.3 is 5.69 Å². The summed E-state index contributed by atoms with van der Waals surface area (Å²) in [5.41, 5.74) is 1.08. The van der Waals surface area contributed by atoms with E-state index in [0.717, 1.165) is 18.4 Å². The van der Waals surface area contributed by atoms with E-state index in [-0.39, 0.29) is 5.69 Å². The maximum atomic E-state index is 10.9. The van der Waals surface area contributed by atoms with Crippen LogP contribution in [0.1, 0.15) is 32.8 Å². The molecule has 1 aromatic rings.